The number of hydrogen-bond acceptors (Lipinski definition) is 0. The van der Waals surface area contributed by atoms with Crippen LogP contribution in [0.4, 0.5) is 0 Å². The van der Waals surface area contributed by atoms with E-state index in [0.29, 0.717) is 14.0 Å². The summed E-state index contributed by atoms with van der Waals surface area (Å²) in [5.74, 6) is 0. The Morgan fingerprint density at radius 2 is 1.82 bits per heavy atom. The molecular weight excluding hydrogens is 195 g/mol. The first-order chi connectivity index (χ1) is 5.29. The molecule has 0 saturated carbocycles. The van der Waals surface area contributed by atoms with Crippen molar-refractivity contribution in [3.8, 4) is 0 Å². The number of halogens is 2. The van der Waals surface area contributed by atoms with Crippen molar-refractivity contribution in [1.29, 1.82) is 0 Å². The molecule has 0 N–H and O–H groups in total. The van der Waals surface area contributed by atoms with Crippen molar-refractivity contribution in [2.45, 2.75) is 0 Å². The van der Waals surface area contributed by atoms with Crippen molar-refractivity contribution in [3.05, 3.63) is 40.5 Å². The van der Waals surface area contributed by atoms with Gasteiger partial charge in [-0.3, -0.25) is 0 Å². The van der Waals surface area contributed by atoms with Gasteiger partial charge in [-0.25, -0.2) is 0 Å². The fourth-order valence-electron chi connectivity index (χ4n) is 0.672. The van der Waals surface area contributed by atoms with Crippen LogP contribution in [0.15, 0.2) is 40.5 Å². The SMILES string of the molecule is ClC(Cl)=C[Si]c1ccccc1. The van der Waals surface area contributed by atoms with Crippen molar-refractivity contribution in [3.63, 3.8) is 0 Å². The molecule has 0 atom stereocenters. The number of rotatable bonds is 2. The summed E-state index contributed by atoms with van der Waals surface area (Å²) in [6.45, 7) is 0. The molecule has 0 unspecified atom stereocenters. The van der Waals surface area contributed by atoms with Gasteiger partial charge >= 0.3 is 0 Å². The summed E-state index contributed by atoms with van der Waals surface area (Å²) in [4.78, 5) is 0. The predicted molar refractivity (Wildman–Crippen MR) is 51.6 cm³/mol. The van der Waals surface area contributed by atoms with E-state index in [1.807, 2.05) is 30.3 Å². The van der Waals surface area contributed by atoms with Crippen LogP contribution in [0.1, 0.15) is 0 Å². The third-order valence-corrected chi connectivity index (χ3v) is 2.81. The van der Waals surface area contributed by atoms with Gasteiger partial charge < -0.3 is 0 Å². The highest BCUT2D eigenvalue weighted by atomic mass is 35.5. The van der Waals surface area contributed by atoms with E-state index >= 15 is 0 Å². The highest BCUT2D eigenvalue weighted by molar-refractivity contribution is 6.65. The summed E-state index contributed by atoms with van der Waals surface area (Å²) >= 11 is 10.9. The Morgan fingerprint density at radius 3 is 2.36 bits per heavy atom. The summed E-state index contributed by atoms with van der Waals surface area (Å²) in [5.41, 5.74) is 1.80. The van der Waals surface area contributed by atoms with E-state index in [1.165, 1.54) is 5.19 Å². The van der Waals surface area contributed by atoms with E-state index in [2.05, 4.69) is 0 Å². The molecule has 0 aromatic heterocycles. The van der Waals surface area contributed by atoms with E-state index in [4.69, 9.17) is 23.2 Å². The average Bonchev–Trinajstić information content (AvgIpc) is 2.03. The van der Waals surface area contributed by atoms with Crippen LogP contribution < -0.4 is 5.19 Å². The quantitative estimate of drug-likeness (QED) is 0.644. The summed E-state index contributed by atoms with van der Waals surface area (Å²) < 4.78 is 0.340. The van der Waals surface area contributed by atoms with Crippen molar-refractivity contribution in [2.24, 2.45) is 0 Å². The minimum atomic E-state index is 0.340. The largest absolute Gasteiger partial charge is 0.114 e. The molecule has 1 aromatic rings. The Balaban J connectivity index is 2.59. The highest BCUT2D eigenvalue weighted by Gasteiger charge is 1.89. The maximum Gasteiger partial charge on any atom is 0.114 e. The second-order valence-corrected chi connectivity index (χ2v) is 4.11. The van der Waals surface area contributed by atoms with Crippen LogP contribution in [0.25, 0.3) is 0 Å². The van der Waals surface area contributed by atoms with Gasteiger partial charge in [-0.1, -0.05) is 64.4 Å². The van der Waals surface area contributed by atoms with Gasteiger partial charge in [0.1, 0.15) is 9.52 Å². The molecule has 0 heterocycles. The molecule has 3 heteroatoms. The van der Waals surface area contributed by atoms with Crippen molar-refractivity contribution >= 4 is 37.9 Å². The zero-order chi connectivity index (χ0) is 8.10. The lowest BCUT2D eigenvalue weighted by molar-refractivity contribution is 1.77. The lowest BCUT2D eigenvalue weighted by Gasteiger charge is -1.91. The minimum Gasteiger partial charge on any atom is -0.0717 e. The minimum absolute atomic E-state index is 0.340. The first-order valence-corrected chi connectivity index (χ1v) is 4.95. The Morgan fingerprint density at radius 1 is 1.18 bits per heavy atom. The Bertz CT molecular complexity index is 240. The van der Waals surface area contributed by atoms with Crippen molar-refractivity contribution in [2.75, 3.05) is 0 Å². The number of hydrogen-bond donors (Lipinski definition) is 0. The molecule has 0 aliphatic heterocycles. The van der Waals surface area contributed by atoms with Crippen LogP contribution in [0.2, 0.25) is 0 Å². The van der Waals surface area contributed by atoms with Crippen LogP contribution in [0, 0.1) is 0 Å². The first kappa shape index (κ1) is 8.85. The van der Waals surface area contributed by atoms with Gasteiger partial charge in [-0.2, -0.15) is 0 Å². The predicted octanol–water partition coefficient (Wildman–Crippen LogP) is 2.29. The molecule has 11 heavy (non-hydrogen) atoms. The summed E-state index contributed by atoms with van der Waals surface area (Å²) in [6, 6.07) is 10.1. The molecular formula is C8H6Cl2Si. The smallest absolute Gasteiger partial charge is 0.0717 e. The maximum absolute atomic E-state index is 5.46. The summed E-state index contributed by atoms with van der Waals surface area (Å²) in [7, 11) is 0.559. The normalized spacial score (nSPS) is 9.27. The topological polar surface area (TPSA) is 0 Å². The lowest BCUT2D eigenvalue weighted by Crippen LogP contribution is -2.10. The van der Waals surface area contributed by atoms with E-state index in [0.717, 1.165) is 0 Å². The zero-order valence-corrected chi connectivity index (χ0v) is 8.23. The van der Waals surface area contributed by atoms with Gasteiger partial charge in [0.2, 0.25) is 0 Å². The lowest BCUT2D eigenvalue weighted by atomic mass is 10.4. The Hall–Kier alpha value is -0.243. The summed E-state index contributed by atoms with van der Waals surface area (Å²) in [5, 5.41) is 1.24. The van der Waals surface area contributed by atoms with E-state index in [1.54, 1.807) is 5.70 Å². The van der Waals surface area contributed by atoms with Gasteiger partial charge in [-0.15, -0.1) is 0 Å². The van der Waals surface area contributed by atoms with Gasteiger partial charge in [0.15, 0.2) is 0 Å². The maximum atomic E-state index is 5.46. The van der Waals surface area contributed by atoms with Crippen LogP contribution in [-0.4, -0.2) is 9.52 Å². The fourth-order valence-corrected chi connectivity index (χ4v) is 1.66. The molecule has 1 aromatic carbocycles. The summed E-state index contributed by atoms with van der Waals surface area (Å²) in [6.07, 6.45) is 0. The molecule has 0 fully saturated rings. The molecule has 0 spiro atoms. The second kappa shape index (κ2) is 4.60. The molecule has 0 saturated heterocycles. The van der Waals surface area contributed by atoms with Crippen molar-refractivity contribution in [1.82, 2.24) is 0 Å². The van der Waals surface area contributed by atoms with Gasteiger partial charge in [-0.05, 0) is 0 Å². The Kier molecular flexibility index (Phi) is 3.70. The molecule has 0 nitrogen and oxygen atoms in total. The fraction of sp³-hybridized carbons (Fsp3) is 0. The van der Waals surface area contributed by atoms with Crippen molar-refractivity contribution < 1.29 is 0 Å². The average molecular weight is 201 g/mol. The van der Waals surface area contributed by atoms with Gasteiger partial charge in [0.25, 0.3) is 0 Å². The molecule has 0 aliphatic rings. The molecule has 0 amide bonds. The molecule has 0 aliphatic carbocycles. The Labute approximate surface area is 78.7 Å². The first-order valence-electron chi connectivity index (χ1n) is 3.12. The van der Waals surface area contributed by atoms with Crippen LogP contribution in [0.3, 0.4) is 0 Å². The third-order valence-electron chi connectivity index (χ3n) is 1.12. The molecule has 1 rings (SSSR count). The van der Waals surface area contributed by atoms with Crippen LogP contribution in [-0.2, 0) is 0 Å². The van der Waals surface area contributed by atoms with Crippen LogP contribution >= 0.6 is 23.2 Å². The van der Waals surface area contributed by atoms with E-state index < -0.39 is 0 Å². The molecule has 0 bridgehead atoms. The standard InChI is InChI=1S/C8H6Cl2Si/c9-8(10)6-11-7-4-2-1-3-5-7/h1-6H. The zero-order valence-electron chi connectivity index (χ0n) is 5.72. The molecule has 2 radical (unpaired) electrons. The third kappa shape index (κ3) is 3.61. The second-order valence-electron chi connectivity index (χ2n) is 1.94. The monoisotopic (exact) mass is 200 g/mol. The van der Waals surface area contributed by atoms with E-state index in [9.17, 15) is 0 Å². The molecule has 56 valence electrons. The highest BCUT2D eigenvalue weighted by Crippen LogP contribution is 2.03. The van der Waals surface area contributed by atoms with Gasteiger partial charge in [0, 0.05) is 0 Å². The number of benzene rings is 1. The van der Waals surface area contributed by atoms with Gasteiger partial charge in [0.05, 0.1) is 4.49 Å². The van der Waals surface area contributed by atoms with E-state index in [-0.39, 0.29) is 0 Å². The van der Waals surface area contributed by atoms with Crippen LogP contribution in [0.5, 0.6) is 0 Å².